The van der Waals surface area contributed by atoms with Crippen LogP contribution in [0.5, 0.6) is 0 Å². The molecule has 8 heavy (non-hydrogen) atoms. The third kappa shape index (κ3) is 1.43. The Bertz CT molecular complexity index is 61.4. The second kappa shape index (κ2) is 3.02. The minimum atomic E-state index is 0.420. The molecule has 0 aromatic carbocycles. The summed E-state index contributed by atoms with van der Waals surface area (Å²) < 4.78 is 9.94. The Balaban J connectivity index is 2.13. The van der Waals surface area contributed by atoms with E-state index in [0.717, 1.165) is 13.2 Å². The summed E-state index contributed by atoms with van der Waals surface area (Å²) in [6.45, 7) is 2.63. The normalized spacial score (nSPS) is 23.6. The first-order chi connectivity index (χ1) is 3.93. The van der Waals surface area contributed by atoms with Crippen molar-refractivity contribution in [1.29, 1.82) is 0 Å². The summed E-state index contributed by atoms with van der Waals surface area (Å²) in [5, 5.41) is 0. The molecule has 0 aromatic rings. The molecule has 0 unspecified atom stereocenters. The van der Waals surface area contributed by atoms with Gasteiger partial charge in [0.25, 0.3) is 0 Å². The van der Waals surface area contributed by atoms with Crippen molar-refractivity contribution in [3.05, 3.63) is 0 Å². The lowest BCUT2D eigenvalue weighted by molar-refractivity contribution is -0.123. The smallest absolute Gasteiger partial charge is 0.146 e. The van der Waals surface area contributed by atoms with Crippen molar-refractivity contribution in [2.24, 2.45) is 11.7 Å². The third-order valence-electron chi connectivity index (χ3n) is 1.21. The van der Waals surface area contributed by atoms with Gasteiger partial charge in [0.15, 0.2) is 0 Å². The lowest BCUT2D eigenvalue weighted by Gasteiger charge is -2.20. The van der Waals surface area contributed by atoms with Gasteiger partial charge in [-0.05, 0) is 6.54 Å². The van der Waals surface area contributed by atoms with Crippen LogP contribution in [-0.2, 0) is 9.47 Å². The molecule has 3 heteroatoms. The highest BCUT2D eigenvalue weighted by molar-refractivity contribution is 4.58. The Morgan fingerprint density at radius 1 is 1.38 bits per heavy atom. The second-order valence-electron chi connectivity index (χ2n) is 1.96. The van der Waals surface area contributed by atoms with Crippen molar-refractivity contribution < 1.29 is 9.47 Å². The SMILES string of the molecule is NCC1COCOC1. The summed E-state index contributed by atoms with van der Waals surface area (Å²) in [7, 11) is 0. The first-order valence-corrected chi connectivity index (χ1v) is 2.79. The summed E-state index contributed by atoms with van der Waals surface area (Å²) in [5.41, 5.74) is 5.34. The molecule has 0 saturated carbocycles. The minimum absolute atomic E-state index is 0.420. The van der Waals surface area contributed by atoms with Crippen LogP contribution in [0.4, 0.5) is 0 Å². The van der Waals surface area contributed by atoms with Crippen LogP contribution in [0.25, 0.3) is 0 Å². The van der Waals surface area contributed by atoms with Gasteiger partial charge < -0.3 is 15.2 Å². The molecule has 0 atom stereocenters. The molecule has 2 N–H and O–H groups in total. The molecule has 48 valence electrons. The van der Waals surface area contributed by atoms with E-state index >= 15 is 0 Å². The Morgan fingerprint density at radius 2 is 2.00 bits per heavy atom. The molecule has 1 aliphatic rings. The number of ether oxygens (including phenoxy) is 2. The molecule has 0 aliphatic carbocycles. The van der Waals surface area contributed by atoms with Crippen LogP contribution in [0.15, 0.2) is 0 Å². The molecule has 0 spiro atoms. The zero-order chi connectivity index (χ0) is 5.82. The van der Waals surface area contributed by atoms with Gasteiger partial charge in [-0.2, -0.15) is 0 Å². The third-order valence-corrected chi connectivity index (χ3v) is 1.21. The van der Waals surface area contributed by atoms with E-state index in [0.29, 0.717) is 19.3 Å². The Hall–Kier alpha value is -0.120. The van der Waals surface area contributed by atoms with Gasteiger partial charge in [-0.15, -0.1) is 0 Å². The van der Waals surface area contributed by atoms with Gasteiger partial charge in [-0.3, -0.25) is 0 Å². The molecule has 0 amide bonds. The maximum atomic E-state index is 5.34. The summed E-state index contributed by atoms with van der Waals surface area (Å²) in [6, 6.07) is 0. The predicted octanol–water partition coefficient (Wildman–Crippen LogP) is -0.434. The van der Waals surface area contributed by atoms with E-state index in [-0.39, 0.29) is 0 Å². The van der Waals surface area contributed by atoms with Crippen LogP contribution in [0.3, 0.4) is 0 Å². The molecule has 1 saturated heterocycles. The Morgan fingerprint density at radius 3 is 2.38 bits per heavy atom. The number of nitrogens with two attached hydrogens (primary N) is 1. The van der Waals surface area contributed by atoms with Gasteiger partial charge >= 0.3 is 0 Å². The zero-order valence-corrected chi connectivity index (χ0v) is 4.80. The number of hydrogen-bond acceptors (Lipinski definition) is 3. The molecule has 0 radical (unpaired) electrons. The van der Waals surface area contributed by atoms with Crippen LogP contribution in [0.1, 0.15) is 0 Å². The molecule has 1 rings (SSSR count). The fraction of sp³-hybridized carbons (Fsp3) is 1.00. The summed E-state index contributed by atoms with van der Waals surface area (Å²) in [5.74, 6) is 0.420. The van der Waals surface area contributed by atoms with Crippen molar-refractivity contribution >= 4 is 0 Å². The fourth-order valence-electron chi connectivity index (χ4n) is 0.673. The number of rotatable bonds is 1. The summed E-state index contributed by atoms with van der Waals surface area (Å²) in [4.78, 5) is 0. The van der Waals surface area contributed by atoms with Crippen LogP contribution < -0.4 is 5.73 Å². The van der Waals surface area contributed by atoms with E-state index in [9.17, 15) is 0 Å². The maximum absolute atomic E-state index is 5.34. The first-order valence-electron chi connectivity index (χ1n) is 2.79. The topological polar surface area (TPSA) is 44.5 Å². The van der Waals surface area contributed by atoms with Gasteiger partial charge in [-0.25, -0.2) is 0 Å². The van der Waals surface area contributed by atoms with Gasteiger partial charge in [0.1, 0.15) is 6.79 Å². The zero-order valence-electron chi connectivity index (χ0n) is 4.80. The highest BCUT2D eigenvalue weighted by Crippen LogP contribution is 2.01. The molecule has 1 fully saturated rings. The predicted molar refractivity (Wildman–Crippen MR) is 29.3 cm³/mol. The van der Waals surface area contributed by atoms with Crippen LogP contribution in [0, 0.1) is 5.92 Å². The summed E-state index contributed by atoms with van der Waals surface area (Å²) >= 11 is 0. The lowest BCUT2D eigenvalue weighted by Crippen LogP contribution is -2.29. The maximum Gasteiger partial charge on any atom is 0.146 e. The van der Waals surface area contributed by atoms with Gasteiger partial charge in [0.05, 0.1) is 13.2 Å². The molecule has 3 nitrogen and oxygen atoms in total. The van der Waals surface area contributed by atoms with E-state index in [1.807, 2.05) is 0 Å². The minimum Gasteiger partial charge on any atom is -0.355 e. The Kier molecular flexibility index (Phi) is 2.27. The van der Waals surface area contributed by atoms with E-state index in [1.165, 1.54) is 0 Å². The van der Waals surface area contributed by atoms with Crippen molar-refractivity contribution in [1.82, 2.24) is 0 Å². The van der Waals surface area contributed by atoms with Crippen molar-refractivity contribution in [2.45, 2.75) is 0 Å². The monoisotopic (exact) mass is 117 g/mol. The average Bonchev–Trinajstić information content (AvgIpc) is 1.90. The van der Waals surface area contributed by atoms with E-state index in [1.54, 1.807) is 0 Å². The van der Waals surface area contributed by atoms with Gasteiger partial charge in [0, 0.05) is 5.92 Å². The average molecular weight is 117 g/mol. The van der Waals surface area contributed by atoms with E-state index in [2.05, 4.69) is 0 Å². The molecular formula is C5H11NO2. The second-order valence-corrected chi connectivity index (χ2v) is 1.96. The van der Waals surface area contributed by atoms with Crippen molar-refractivity contribution in [3.8, 4) is 0 Å². The van der Waals surface area contributed by atoms with Crippen LogP contribution >= 0.6 is 0 Å². The van der Waals surface area contributed by atoms with E-state index in [4.69, 9.17) is 15.2 Å². The number of hydrogen-bond donors (Lipinski definition) is 1. The van der Waals surface area contributed by atoms with Gasteiger partial charge in [-0.1, -0.05) is 0 Å². The summed E-state index contributed by atoms with van der Waals surface area (Å²) in [6.07, 6.45) is 0. The molecule has 1 aliphatic heterocycles. The first kappa shape index (κ1) is 6.01. The highest BCUT2D eigenvalue weighted by atomic mass is 16.7. The molecule has 1 heterocycles. The molecular weight excluding hydrogens is 106 g/mol. The highest BCUT2D eigenvalue weighted by Gasteiger charge is 2.10. The van der Waals surface area contributed by atoms with Crippen molar-refractivity contribution in [3.63, 3.8) is 0 Å². The lowest BCUT2D eigenvalue weighted by atomic mass is 10.2. The van der Waals surface area contributed by atoms with Crippen molar-refractivity contribution in [2.75, 3.05) is 26.6 Å². The van der Waals surface area contributed by atoms with Gasteiger partial charge in [0.2, 0.25) is 0 Å². The quantitative estimate of drug-likeness (QED) is 0.506. The van der Waals surface area contributed by atoms with E-state index < -0.39 is 0 Å². The largest absolute Gasteiger partial charge is 0.355 e. The van der Waals surface area contributed by atoms with Crippen LogP contribution in [0.2, 0.25) is 0 Å². The Labute approximate surface area is 48.8 Å². The molecule has 0 aromatic heterocycles. The van der Waals surface area contributed by atoms with Crippen LogP contribution in [-0.4, -0.2) is 26.6 Å². The standard InChI is InChI=1S/C5H11NO2/c6-1-5-2-7-4-8-3-5/h5H,1-4,6H2. The molecule has 0 bridgehead atoms. The fourth-order valence-corrected chi connectivity index (χ4v) is 0.673.